The highest BCUT2D eigenvalue weighted by Gasteiger charge is 2.23. The standard InChI is InChI=1S/C30H26F2N2O4/c1-2-15-33(28(35)16-21-7-11-24(31)12-8-21)19-29(36)34(17-22-9-13-25(32)14-10-22)18-23-20-38-27-6-4-3-5-26(27)30(23)37/h2-14,20H,1,15-19H2. The van der Waals surface area contributed by atoms with Crippen molar-refractivity contribution in [3.63, 3.8) is 0 Å². The van der Waals surface area contributed by atoms with Gasteiger partial charge in [0.2, 0.25) is 11.8 Å². The molecule has 3 aromatic carbocycles. The maximum atomic E-state index is 13.5. The van der Waals surface area contributed by atoms with E-state index in [1.165, 1.54) is 58.5 Å². The second-order valence-corrected chi connectivity index (χ2v) is 8.83. The van der Waals surface area contributed by atoms with Crippen molar-refractivity contribution >= 4 is 22.8 Å². The summed E-state index contributed by atoms with van der Waals surface area (Å²) in [7, 11) is 0. The summed E-state index contributed by atoms with van der Waals surface area (Å²) in [6.45, 7) is 3.54. The predicted molar refractivity (Wildman–Crippen MR) is 140 cm³/mol. The van der Waals surface area contributed by atoms with Gasteiger partial charge in [-0.05, 0) is 47.5 Å². The van der Waals surface area contributed by atoms with E-state index in [2.05, 4.69) is 6.58 Å². The molecule has 0 bridgehead atoms. The zero-order chi connectivity index (χ0) is 27.1. The average molecular weight is 517 g/mol. The minimum atomic E-state index is -0.420. The molecule has 0 saturated heterocycles. The van der Waals surface area contributed by atoms with Crippen LogP contribution in [0.25, 0.3) is 11.0 Å². The molecule has 0 unspecified atom stereocenters. The molecule has 4 rings (SSSR count). The highest BCUT2D eigenvalue weighted by atomic mass is 19.1. The van der Waals surface area contributed by atoms with Crippen molar-refractivity contribution in [2.45, 2.75) is 19.5 Å². The third-order valence-corrected chi connectivity index (χ3v) is 6.05. The molecular weight excluding hydrogens is 490 g/mol. The molecule has 8 heteroatoms. The van der Waals surface area contributed by atoms with Crippen molar-refractivity contribution in [3.05, 3.63) is 130 Å². The maximum absolute atomic E-state index is 13.5. The van der Waals surface area contributed by atoms with Crippen LogP contribution in [0.2, 0.25) is 0 Å². The summed E-state index contributed by atoms with van der Waals surface area (Å²) in [5.41, 5.74) is 1.69. The quantitative estimate of drug-likeness (QED) is 0.283. The zero-order valence-electron chi connectivity index (χ0n) is 20.6. The Kier molecular flexibility index (Phi) is 8.43. The highest BCUT2D eigenvalue weighted by Crippen LogP contribution is 2.15. The molecule has 0 atom stereocenters. The molecule has 0 saturated carbocycles. The largest absolute Gasteiger partial charge is 0.464 e. The molecule has 0 aliphatic heterocycles. The number of rotatable bonds is 10. The van der Waals surface area contributed by atoms with Gasteiger partial charge in [-0.2, -0.15) is 0 Å². The number of para-hydroxylation sites is 1. The molecule has 38 heavy (non-hydrogen) atoms. The average Bonchev–Trinajstić information content (AvgIpc) is 2.92. The predicted octanol–water partition coefficient (Wildman–Crippen LogP) is 4.86. The summed E-state index contributed by atoms with van der Waals surface area (Å²) in [4.78, 5) is 42.4. The van der Waals surface area contributed by atoms with Crippen molar-refractivity contribution in [2.24, 2.45) is 0 Å². The number of fused-ring (bicyclic) bond motifs is 1. The first-order valence-corrected chi connectivity index (χ1v) is 12.0. The lowest BCUT2D eigenvalue weighted by Gasteiger charge is -2.27. The van der Waals surface area contributed by atoms with Crippen LogP contribution in [0.1, 0.15) is 16.7 Å². The third kappa shape index (κ3) is 6.59. The summed E-state index contributed by atoms with van der Waals surface area (Å²) in [6.07, 6.45) is 2.82. The summed E-state index contributed by atoms with van der Waals surface area (Å²) in [5, 5.41) is 0.391. The molecule has 0 aliphatic rings. The zero-order valence-corrected chi connectivity index (χ0v) is 20.6. The van der Waals surface area contributed by atoms with Crippen molar-refractivity contribution in [1.29, 1.82) is 0 Å². The second kappa shape index (κ2) is 12.1. The van der Waals surface area contributed by atoms with Gasteiger partial charge >= 0.3 is 0 Å². The molecule has 0 fully saturated rings. The van der Waals surface area contributed by atoms with Gasteiger partial charge in [-0.3, -0.25) is 14.4 Å². The number of benzene rings is 3. The van der Waals surface area contributed by atoms with Crippen LogP contribution in [-0.2, 0) is 29.1 Å². The van der Waals surface area contributed by atoms with Gasteiger partial charge in [0.1, 0.15) is 23.8 Å². The van der Waals surface area contributed by atoms with E-state index in [9.17, 15) is 23.2 Å². The Hall–Kier alpha value is -4.59. The Labute approximate surface area is 218 Å². The van der Waals surface area contributed by atoms with Gasteiger partial charge in [0, 0.05) is 13.1 Å². The Morgan fingerprint density at radius 3 is 2.11 bits per heavy atom. The molecule has 6 nitrogen and oxygen atoms in total. The first-order valence-electron chi connectivity index (χ1n) is 12.0. The fraction of sp³-hybridized carbons (Fsp3) is 0.167. The number of halogens is 2. The fourth-order valence-corrected chi connectivity index (χ4v) is 4.04. The van der Waals surface area contributed by atoms with Gasteiger partial charge in [0.15, 0.2) is 5.43 Å². The molecule has 2 amide bonds. The van der Waals surface area contributed by atoms with E-state index in [-0.39, 0.29) is 49.5 Å². The van der Waals surface area contributed by atoms with E-state index >= 15 is 0 Å². The summed E-state index contributed by atoms with van der Waals surface area (Å²) in [6, 6.07) is 18.1. The van der Waals surface area contributed by atoms with Crippen LogP contribution < -0.4 is 5.43 Å². The lowest BCUT2D eigenvalue weighted by Crippen LogP contribution is -2.43. The fourth-order valence-electron chi connectivity index (χ4n) is 4.04. The molecule has 1 heterocycles. The smallest absolute Gasteiger partial charge is 0.242 e. The minimum Gasteiger partial charge on any atom is -0.464 e. The summed E-state index contributed by atoms with van der Waals surface area (Å²) in [5.74, 6) is -1.58. The van der Waals surface area contributed by atoms with Crippen molar-refractivity contribution in [3.8, 4) is 0 Å². The van der Waals surface area contributed by atoms with Gasteiger partial charge in [-0.15, -0.1) is 6.58 Å². The number of hydrogen-bond donors (Lipinski definition) is 0. The lowest BCUT2D eigenvalue weighted by atomic mass is 10.1. The third-order valence-electron chi connectivity index (χ3n) is 6.05. The number of carbonyl (C=O) groups is 2. The first-order chi connectivity index (χ1) is 18.3. The van der Waals surface area contributed by atoms with E-state index in [0.29, 0.717) is 22.1 Å². The van der Waals surface area contributed by atoms with Crippen LogP contribution in [0, 0.1) is 11.6 Å². The van der Waals surface area contributed by atoms with Gasteiger partial charge in [0.05, 0.1) is 30.2 Å². The van der Waals surface area contributed by atoms with E-state index in [4.69, 9.17) is 4.42 Å². The van der Waals surface area contributed by atoms with Gasteiger partial charge < -0.3 is 14.2 Å². The van der Waals surface area contributed by atoms with Crippen LogP contribution in [0.4, 0.5) is 8.78 Å². The molecule has 194 valence electrons. The number of nitrogens with zero attached hydrogens (tertiary/aromatic N) is 2. The molecule has 0 N–H and O–H groups in total. The van der Waals surface area contributed by atoms with Crippen LogP contribution in [0.5, 0.6) is 0 Å². The van der Waals surface area contributed by atoms with Crippen LogP contribution in [0.3, 0.4) is 0 Å². The maximum Gasteiger partial charge on any atom is 0.242 e. The minimum absolute atomic E-state index is 0.0202. The monoisotopic (exact) mass is 516 g/mol. The van der Waals surface area contributed by atoms with Crippen LogP contribution in [-0.4, -0.2) is 34.7 Å². The Morgan fingerprint density at radius 1 is 0.816 bits per heavy atom. The van der Waals surface area contributed by atoms with E-state index in [1.54, 1.807) is 36.4 Å². The number of amides is 2. The first kappa shape index (κ1) is 26.5. The lowest BCUT2D eigenvalue weighted by molar-refractivity contribution is -0.140. The van der Waals surface area contributed by atoms with Crippen molar-refractivity contribution in [1.82, 2.24) is 9.80 Å². The molecule has 1 aromatic heterocycles. The van der Waals surface area contributed by atoms with E-state index < -0.39 is 17.5 Å². The van der Waals surface area contributed by atoms with Gasteiger partial charge in [-0.1, -0.05) is 42.5 Å². The molecule has 4 aromatic rings. The van der Waals surface area contributed by atoms with E-state index in [1.807, 2.05) is 0 Å². The van der Waals surface area contributed by atoms with Crippen LogP contribution in [0.15, 0.2) is 101 Å². The second-order valence-electron chi connectivity index (χ2n) is 8.83. The SMILES string of the molecule is C=CCN(CC(=O)N(Cc1ccc(F)cc1)Cc1coc2ccccc2c1=O)C(=O)Cc1ccc(F)cc1. The van der Waals surface area contributed by atoms with Gasteiger partial charge in [0.25, 0.3) is 0 Å². The molecule has 0 radical (unpaired) electrons. The van der Waals surface area contributed by atoms with Crippen molar-refractivity contribution < 1.29 is 22.8 Å². The normalized spacial score (nSPS) is 10.8. The molecular formula is C30H26F2N2O4. The van der Waals surface area contributed by atoms with Gasteiger partial charge in [-0.25, -0.2) is 8.78 Å². The molecule has 0 spiro atoms. The summed E-state index contributed by atoms with van der Waals surface area (Å²) < 4.78 is 32.3. The van der Waals surface area contributed by atoms with Crippen molar-refractivity contribution in [2.75, 3.05) is 13.1 Å². The Morgan fingerprint density at radius 2 is 1.45 bits per heavy atom. The highest BCUT2D eigenvalue weighted by molar-refractivity contribution is 5.86. The number of hydrogen-bond acceptors (Lipinski definition) is 4. The number of carbonyl (C=O) groups excluding carboxylic acids is 2. The molecule has 0 aliphatic carbocycles. The van der Waals surface area contributed by atoms with Crippen LogP contribution >= 0.6 is 0 Å². The summed E-state index contributed by atoms with van der Waals surface area (Å²) >= 11 is 0. The topological polar surface area (TPSA) is 70.8 Å². The Bertz CT molecular complexity index is 1500. The van der Waals surface area contributed by atoms with E-state index in [0.717, 1.165) is 0 Å². The Balaban J connectivity index is 1.58.